The van der Waals surface area contributed by atoms with Gasteiger partial charge in [-0.1, -0.05) is 0 Å². The molecule has 0 atom stereocenters. The highest BCUT2D eigenvalue weighted by Crippen LogP contribution is 1.99. The van der Waals surface area contributed by atoms with Crippen LogP contribution in [0.1, 0.15) is 16.9 Å². The smallest absolute Gasteiger partial charge is 0.271 e. The zero-order valence-electron chi connectivity index (χ0n) is 10.7. The molecule has 0 saturated carbocycles. The Morgan fingerprint density at radius 2 is 2.26 bits per heavy atom. The van der Waals surface area contributed by atoms with Crippen molar-refractivity contribution in [3.63, 3.8) is 0 Å². The fraction of sp³-hybridized carbons (Fsp3) is 0.333. The van der Waals surface area contributed by atoms with Gasteiger partial charge in [0.2, 0.25) is 0 Å². The number of nitrogens with one attached hydrogen (secondary N) is 2. The van der Waals surface area contributed by atoms with E-state index in [9.17, 15) is 4.79 Å². The molecule has 1 amide bonds. The number of imidazole rings is 1. The third kappa shape index (κ3) is 3.77. The third-order valence-corrected chi connectivity index (χ3v) is 2.58. The second-order valence-corrected chi connectivity index (χ2v) is 3.95. The third-order valence-electron chi connectivity index (χ3n) is 2.58. The molecule has 0 aliphatic heterocycles. The molecule has 2 N–H and O–H groups in total. The molecule has 0 radical (unpaired) electrons. The molecular weight excluding hydrogens is 244 g/mol. The molecule has 2 aromatic heterocycles. The Kier molecular flexibility index (Phi) is 4.44. The molecule has 0 bridgehead atoms. The number of amides is 1. The minimum atomic E-state index is -0.208. The minimum absolute atomic E-state index is 0.208. The number of carbonyl (C=O) groups is 1. The summed E-state index contributed by atoms with van der Waals surface area (Å²) in [5.41, 5.74) is 0.321. The average Bonchev–Trinajstić information content (AvgIpc) is 2.96. The normalized spacial score (nSPS) is 10.2. The first kappa shape index (κ1) is 13.0. The lowest BCUT2D eigenvalue weighted by molar-refractivity contribution is 0.0947. The van der Waals surface area contributed by atoms with Crippen LogP contribution in [0.2, 0.25) is 0 Å². The Bertz CT molecular complexity index is 508. The van der Waals surface area contributed by atoms with Crippen molar-refractivity contribution in [1.29, 1.82) is 0 Å². The van der Waals surface area contributed by atoms with Gasteiger partial charge in [0.1, 0.15) is 11.5 Å². The Morgan fingerprint density at radius 3 is 2.89 bits per heavy atom. The summed E-state index contributed by atoms with van der Waals surface area (Å²) in [4.78, 5) is 23.8. The number of carbonyl (C=O) groups excluding carboxylic acids is 1. The molecule has 19 heavy (non-hydrogen) atoms. The lowest BCUT2D eigenvalue weighted by Crippen LogP contribution is -2.26. The second kappa shape index (κ2) is 6.48. The number of hydrogen-bond acceptors (Lipinski definition) is 5. The van der Waals surface area contributed by atoms with E-state index in [1.54, 1.807) is 19.6 Å². The molecule has 2 heterocycles. The van der Waals surface area contributed by atoms with E-state index in [-0.39, 0.29) is 5.91 Å². The highest BCUT2D eigenvalue weighted by Gasteiger charge is 2.06. The first-order chi connectivity index (χ1) is 9.29. The summed E-state index contributed by atoms with van der Waals surface area (Å²) in [6.45, 7) is 1.41. The molecule has 7 heteroatoms. The van der Waals surface area contributed by atoms with Crippen LogP contribution in [-0.4, -0.2) is 39.0 Å². The van der Waals surface area contributed by atoms with Gasteiger partial charge in [-0.25, -0.2) is 15.0 Å². The van der Waals surface area contributed by atoms with Crippen molar-refractivity contribution in [2.75, 3.05) is 18.9 Å². The van der Waals surface area contributed by atoms with Gasteiger partial charge < -0.3 is 15.2 Å². The van der Waals surface area contributed by atoms with Crippen molar-refractivity contribution in [2.24, 2.45) is 0 Å². The van der Waals surface area contributed by atoms with E-state index in [2.05, 4.69) is 25.6 Å². The van der Waals surface area contributed by atoms with Crippen molar-refractivity contribution < 1.29 is 4.79 Å². The van der Waals surface area contributed by atoms with Gasteiger partial charge >= 0.3 is 0 Å². The lowest BCUT2D eigenvalue weighted by atomic mass is 10.3. The van der Waals surface area contributed by atoms with Gasteiger partial charge in [-0.15, -0.1) is 0 Å². The van der Waals surface area contributed by atoms with Gasteiger partial charge in [0.05, 0.1) is 18.7 Å². The van der Waals surface area contributed by atoms with Crippen LogP contribution in [0.5, 0.6) is 0 Å². The van der Waals surface area contributed by atoms with E-state index in [0.29, 0.717) is 18.1 Å². The molecular formula is C12H16N6O. The Hall–Kier alpha value is -2.44. The Morgan fingerprint density at radius 1 is 1.37 bits per heavy atom. The highest BCUT2D eigenvalue weighted by atomic mass is 16.1. The van der Waals surface area contributed by atoms with Gasteiger partial charge in [-0.05, 0) is 6.42 Å². The molecule has 0 fully saturated rings. The summed E-state index contributed by atoms with van der Waals surface area (Å²) < 4.78 is 1.97. The summed E-state index contributed by atoms with van der Waals surface area (Å²) >= 11 is 0. The van der Waals surface area contributed by atoms with Crippen molar-refractivity contribution in [1.82, 2.24) is 24.8 Å². The molecule has 0 unspecified atom stereocenters. The molecule has 0 saturated heterocycles. The highest BCUT2D eigenvalue weighted by molar-refractivity contribution is 5.91. The zero-order chi connectivity index (χ0) is 13.5. The van der Waals surface area contributed by atoms with Crippen LogP contribution in [0.15, 0.2) is 31.1 Å². The van der Waals surface area contributed by atoms with Crippen LogP contribution in [0, 0.1) is 0 Å². The number of nitrogens with zero attached hydrogens (tertiary/aromatic N) is 4. The van der Waals surface area contributed by atoms with Crippen molar-refractivity contribution in [3.05, 3.63) is 36.8 Å². The van der Waals surface area contributed by atoms with Crippen LogP contribution in [0.4, 0.5) is 5.82 Å². The number of aryl methyl sites for hydroxylation is 1. The molecule has 0 spiro atoms. The van der Waals surface area contributed by atoms with E-state index >= 15 is 0 Å². The lowest BCUT2D eigenvalue weighted by Gasteiger charge is -2.05. The molecule has 0 aliphatic rings. The predicted molar refractivity (Wildman–Crippen MR) is 70.8 cm³/mol. The van der Waals surface area contributed by atoms with Crippen molar-refractivity contribution in [3.8, 4) is 0 Å². The largest absolute Gasteiger partial charge is 0.372 e. The average molecular weight is 260 g/mol. The van der Waals surface area contributed by atoms with Crippen LogP contribution in [0.3, 0.4) is 0 Å². The molecule has 0 aliphatic carbocycles. The molecule has 2 aromatic rings. The summed E-state index contributed by atoms with van der Waals surface area (Å²) in [6, 6.07) is 0. The first-order valence-electron chi connectivity index (χ1n) is 6.03. The Balaban J connectivity index is 1.74. The Labute approximate surface area is 111 Å². The maximum absolute atomic E-state index is 11.8. The SMILES string of the molecule is CNc1cnc(C(=O)NCCCn2ccnc2)cn1. The van der Waals surface area contributed by atoms with Crippen LogP contribution in [-0.2, 0) is 6.54 Å². The maximum atomic E-state index is 11.8. The summed E-state index contributed by atoms with van der Waals surface area (Å²) in [5, 5.41) is 5.65. The van der Waals surface area contributed by atoms with Crippen molar-refractivity contribution in [2.45, 2.75) is 13.0 Å². The maximum Gasteiger partial charge on any atom is 0.271 e. The minimum Gasteiger partial charge on any atom is -0.372 e. The topological polar surface area (TPSA) is 84.7 Å². The van der Waals surface area contributed by atoms with E-state index < -0.39 is 0 Å². The van der Waals surface area contributed by atoms with Gasteiger partial charge in [-0.2, -0.15) is 0 Å². The fourth-order valence-electron chi connectivity index (χ4n) is 1.55. The first-order valence-corrected chi connectivity index (χ1v) is 6.03. The van der Waals surface area contributed by atoms with Crippen molar-refractivity contribution >= 4 is 11.7 Å². The summed E-state index contributed by atoms with van der Waals surface area (Å²) in [5.74, 6) is 0.428. The second-order valence-electron chi connectivity index (χ2n) is 3.95. The quantitative estimate of drug-likeness (QED) is 0.740. The predicted octanol–water partition coefficient (Wildman–Crippen LogP) is 0.535. The van der Waals surface area contributed by atoms with E-state index in [0.717, 1.165) is 13.0 Å². The molecule has 7 nitrogen and oxygen atoms in total. The van der Waals surface area contributed by atoms with Crippen LogP contribution < -0.4 is 10.6 Å². The summed E-state index contributed by atoms with van der Waals surface area (Å²) in [6.07, 6.45) is 9.20. The van der Waals surface area contributed by atoms with E-state index in [4.69, 9.17) is 0 Å². The number of hydrogen-bond donors (Lipinski definition) is 2. The number of aromatic nitrogens is 4. The van der Waals surface area contributed by atoms with Gasteiger partial charge in [0, 0.05) is 32.5 Å². The van der Waals surface area contributed by atoms with Gasteiger partial charge in [0.25, 0.3) is 5.91 Å². The van der Waals surface area contributed by atoms with Crippen LogP contribution in [0.25, 0.3) is 0 Å². The van der Waals surface area contributed by atoms with E-state index in [1.807, 2.05) is 10.8 Å². The van der Waals surface area contributed by atoms with Gasteiger partial charge in [-0.3, -0.25) is 4.79 Å². The fourth-order valence-corrected chi connectivity index (χ4v) is 1.55. The zero-order valence-corrected chi connectivity index (χ0v) is 10.7. The van der Waals surface area contributed by atoms with E-state index in [1.165, 1.54) is 12.4 Å². The standard InChI is InChI=1S/C12H16N6O/c1-13-11-8-16-10(7-17-11)12(19)15-3-2-5-18-6-4-14-9-18/h4,6-9H,2-3,5H2,1H3,(H,13,17)(H,15,19). The molecule has 100 valence electrons. The monoisotopic (exact) mass is 260 g/mol. The molecule has 0 aromatic carbocycles. The van der Waals surface area contributed by atoms with Crippen LogP contribution >= 0.6 is 0 Å². The number of anilines is 1. The number of rotatable bonds is 6. The molecule has 2 rings (SSSR count). The summed E-state index contributed by atoms with van der Waals surface area (Å²) in [7, 11) is 1.75. The van der Waals surface area contributed by atoms with Gasteiger partial charge in [0.15, 0.2) is 0 Å².